The first-order valence-corrected chi connectivity index (χ1v) is 5.56. The standard InChI is InChI=1S/C12H17F3O/c1-2-3-4-7-11(16)8-5-10(6-9-11)12(13,14)15/h10,16H,4-9H2,1H3. The van der Waals surface area contributed by atoms with Gasteiger partial charge in [0.15, 0.2) is 0 Å². The average molecular weight is 234 g/mol. The summed E-state index contributed by atoms with van der Waals surface area (Å²) >= 11 is 0. The number of hydrogen-bond donors (Lipinski definition) is 1. The fourth-order valence-electron chi connectivity index (χ4n) is 2.15. The summed E-state index contributed by atoms with van der Waals surface area (Å²) in [7, 11) is 0. The molecule has 1 saturated carbocycles. The summed E-state index contributed by atoms with van der Waals surface area (Å²) in [6, 6.07) is 0. The van der Waals surface area contributed by atoms with Gasteiger partial charge in [-0.05, 0) is 39.0 Å². The van der Waals surface area contributed by atoms with Gasteiger partial charge in [-0.3, -0.25) is 0 Å². The van der Waals surface area contributed by atoms with Crippen LogP contribution < -0.4 is 0 Å². The zero-order valence-corrected chi connectivity index (χ0v) is 9.40. The molecule has 1 fully saturated rings. The second kappa shape index (κ2) is 5.09. The van der Waals surface area contributed by atoms with Crippen molar-refractivity contribution in [2.24, 2.45) is 5.92 Å². The van der Waals surface area contributed by atoms with E-state index in [1.165, 1.54) is 0 Å². The van der Waals surface area contributed by atoms with Gasteiger partial charge in [-0.1, -0.05) is 0 Å². The van der Waals surface area contributed by atoms with Crippen LogP contribution in [0.2, 0.25) is 0 Å². The van der Waals surface area contributed by atoms with Crippen LogP contribution in [0.1, 0.15) is 45.4 Å². The Morgan fingerprint density at radius 1 is 1.31 bits per heavy atom. The smallest absolute Gasteiger partial charge is 0.390 e. The highest BCUT2D eigenvalue weighted by Crippen LogP contribution is 2.42. The Hall–Kier alpha value is -0.690. The zero-order valence-electron chi connectivity index (χ0n) is 9.40. The number of hydrogen-bond acceptors (Lipinski definition) is 1. The van der Waals surface area contributed by atoms with E-state index in [0.717, 1.165) is 0 Å². The fraction of sp³-hybridized carbons (Fsp3) is 0.833. The van der Waals surface area contributed by atoms with E-state index in [1.54, 1.807) is 6.92 Å². The molecule has 0 radical (unpaired) electrons. The van der Waals surface area contributed by atoms with Crippen molar-refractivity contribution in [3.63, 3.8) is 0 Å². The first-order chi connectivity index (χ1) is 7.37. The highest BCUT2D eigenvalue weighted by Gasteiger charge is 2.44. The van der Waals surface area contributed by atoms with Crippen molar-refractivity contribution in [2.75, 3.05) is 0 Å². The molecule has 0 atom stereocenters. The van der Waals surface area contributed by atoms with Gasteiger partial charge in [-0.25, -0.2) is 0 Å². The molecule has 0 heterocycles. The SMILES string of the molecule is CC#CCCC1(O)CCC(C(F)(F)F)CC1. The lowest BCUT2D eigenvalue weighted by Gasteiger charge is -2.36. The van der Waals surface area contributed by atoms with Crippen molar-refractivity contribution in [3.05, 3.63) is 0 Å². The summed E-state index contributed by atoms with van der Waals surface area (Å²) in [6.07, 6.45) is -2.50. The molecule has 0 saturated heterocycles. The lowest BCUT2D eigenvalue weighted by atomic mass is 9.76. The third-order valence-corrected chi connectivity index (χ3v) is 3.27. The molecule has 0 aliphatic heterocycles. The molecule has 0 spiro atoms. The van der Waals surface area contributed by atoms with Gasteiger partial charge in [0.2, 0.25) is 0 Å². The molecule has 0 aromatic carbocycles. The Balaban J connectivity index is 2.43. The van der Waals surface area contributed by atoms with Crippen molar-refractivity contribution in [1.82, 2.24) is 0 Å². The van der Waals surface area contributed by atoms with Crippen LogP contribution in [0.5, 0.6) is 0 Å². The van der Waals surface area contributed by atoms with E-state index >= 15 is 0 Å². The summed E-state index contributed by atoms with van der Waals surface area (Å²) in [5.74, 6) is 4.31. The summed E-state index contributed by atoms with van der Waals surface area (Å²) < 4.78 is 37.2. The van der Waals surface area contributed by atoms with Crippen molar-refractivity contribution in [1.29, 1.82) is 0 Å². The highest BCUT2D eigenvalue weighted by atomic mass is 19.4. The third kappa shape index (κ3) is 3.71. The second-order valence-electron chi connectivity index (χ2n) is 4.47. The average Bonchev–Trinajstić information content (AvgIpc) is 2.17. The summed E-state index contributed by atoms with van der Waals surface area (Å²) in [6.45, 7) is 1.71. The molecule has 0 bridgehead atoms. The van der Waals surface area contributed by atoms with Crippen LogP contribution in [0, 0.1) is 17.8 Å². The Kier molecular flexibility index (Phi) is 4.26. The number of alkyl halides is 3. The molecule has 1 aliphatic carbocycles. The van der Waals surface area contributed by atoms with Crippen LogP contribution in [-0.4, -0.2) is 16.9 Å². The molecule has 1 aliphatic rings. The van der Waals surface area contributed by atoms with Gasteiger partial charge >= 0.3 is 6.18 Å². The minimum Gasteiger partial charge on any atom is -0.390 e. The second-order valence-corrected chi connectivity index (χ2v) is 4.47. The van der Waals surface area contributed by atoms with E-state index in [2.05, 4.69) is 11.8 Å². The molecule has 1 N–H and O–H groups in total. The Labute approximate surface area is 94.0 Å². The normalized spacial score (nSPS) is 30.7. The van der Waals surface area contributed by atoms with Gasteiger partial charge < -0.3 is 5.11 Å². The summed E-state index contributed by atoms with van der Waals surface area (Å²) in [5.41, 5.74) is -0.925. The number of rotatable bonds is 2. The molecular formula is C12H17F3O. The maximum absolute atomic E-state index is 12.4. The van der Waals surface area contributed by atoms with E-state index in [0.29, 0.717) is 12.8 Å². The van der Waals surface area contributed by atoms with Gasteiger partial charge in [0.05, 0.1) is 11.5 Å². The van der Waals surface area contributed by atoms with E-state index in [9.17, 15) is 18.3 Å². The number of aliphatic hydroxyl groups is 1. The minimum absolute atomic E-state index is 0.0412. The highest BCUT2D eigenvalue weighted by molar-refractivity contribution is 4.98. The first kappa shape index (κ1) is 13.4. The quantitative estimate of drug-likeness (QED) is 0.727. The van der Waals surface area contributed by atoms with E-state index in [4.69, 9.17) is 0 Å². The largest absolute Gasteiger partial charge is 0.391 e. The summed E-state index contributed by atoms with van der Waals surface area (Å²) in [4.78, 5) is 0. The van der Waals surface area contributed by atoms with E-state index in [-0.39, 0.29) is 25.7 Å². The molecule has 1 rings (SSSR count). The summed E-state index contributed by atoms with van der Waals surface area (Å²) in [5, 5.41) is 10.0. The van der Waals surface area contributed by atoms with Crippen molar-refractivity contribution >= 4 is 0 Å². The fourth-order valence-corrected chi connectivity index (χ4v) is 2.15. The van der Waals surface area contributed by atoms with Crippen LogP contribution in [0.3, 0.4) is 0 Å². The zero-order chi connectivity index (χ0) is 12.2. The molecular weight excluding hydrogens is 217 g/mol. The van der Waals surface area contributed by atoms with Crippen LogP contribution in [-0.2, 0) is 0 Å². The first-order valence-electron chi connectivity index (χ1n) is 5.56. The predicted molar refractivity (Wildman–Crippen MR) is 55.6 cm³/mol. The topological polar surface area (TPSA) is 20.2 Å². The Morgan fingerprint density at radius 3 is 2.31 bits per heavy atom. The van der Waals surface area contributed by atoms with Gasteiger partial charge in [-0.15, -0.1) is 11.8 Å². The molecule has 0 aromatic rings. The molecule has 92 valence electrons. The van der Waals surface area contributed by atoms with Crippen molar-refractivity contribution in [2.45, 2.75) is 57.2 Å². The van der Waals surface area contributed by atoms with Gasteiger partial charge in [0.25, 0.3) is 0 Å². The van der Waals surface area contributed by atoms with Crippen LogP contribution in [0.15, 0.2) is 0 Å². The van der Waals surface area contributed by atoms with Gasteiger partial charge in [0, 0.05) is 6.42 Å². The predicted octanol–water partition coefficient (Wildman–Crippen LogP) is 3.27. The molecule has 16 heavy (non-hydrogen) atoms. The van der Waals surface area contributed by atoms with E-state index in [1.807, 2.05) is 0 Å². The van der Waals surface area contributed by atoms with Crippen LogP contribution in [0.4, 0.5) is 13.2 Å². The molecule has 0 aromatic heterocycles. The molecule has 1 nitrogen and oxygen atoms in total. The van der Waals surface area contributed by atoms with Crippen molar-refractivity contribution in [3.8, 4) is 11.8 Å². The maximum atomic E-state index is 12.4. The van der Waals surface area contributed by atoms with Gasteiger partial charge in [0.1, 0.15) is 0 Å². The number of halogens is 3. The van der Waals surface area contributed by atoms with Crippen LogP contribution in [0.25, 0.3) is 0 Å². The maximum Gasteiger partial charge on any atom is 0.391 e. The van der Waals surface area contributed by atoms with Crippen LogP contribution >= 0.6 is 0 Å². The molecule has 0 unspecified atom stereocenters. The van der Waals surface area contributed by atoms with E-state index < -0.39 is 17.7 Å². The molecule has 4 heteroatoms. The Bertz CT molecular complexity index is 277. The third-order valence-electron chi connectivity index (χ3n) is 3.27. The van der Waals surface area contributed by atoms with Crippen molar-refractivity contribution < 1.29 is 18.3 Å². The minimum atomic E-state index is -4.11. The molecule has 0 amide bonds. The lowest BCUT2D eigenvalue weighted by Crippen LogP contribution is -2.38. The monoisotopic (exact) mass is 234 g/mol. The van der Waals surface area contributed by atoms with Gasteiger partial charge in [-0.2, -0.15) is 13.2 Å². The Morgan fingerprint density at radius 2 is 1.88 bits per heavy atom. The lowest BCUT2D eigenvalue weighted by molar-refractivity contribution is -0.192.